The van der Waals surface area contributed by atoms with Crippen molar-refractivity contribution in [3.05, 3.63) is 0 Å². The van der Waals surface area contributed by atoms with E-state index in [0.29, 0.717) is 13.0 Å². The van der Waals surface area contributed by atoms with E-state index in [1.54, 1.807) is 0 Å². The van der Waals surface area contributed by atoms with E-state index in [1.165, 1.54) is 0 Å². The first kappa shape index (κ1) is 15.4. The van der Waals surface area contributed by atoms with E-state index in [4.69, 9.17) is 9.84 Å². The van der Waals surface area contributed by atoms with Gasteiger partial charge in [0.05, 0.1) is 0 Å². The molecule has 1 N–H and O–H groups in total. The van der Waals surface area contributed by atoms with Gasteiger partial charge in [-0.15, -0.1) is 0 Å². The number of carboxylic acids is 1. The van der Waals surface area contributed by atoms with Crippen LogP contribution in [0.4, 0.5) is 0 Å². The fourth-order valence-corrected chi connectivity index (χ4v) is 1.36. The summed E-state index contributed by atoms with van der Waals surface area (Å²) < 4.78 is 5.17. The second kappa shape index (κ2) is 6.86. The lowest BCUT2D eigenvalue weighted by Gasteiger charge is -2.35. The summed E-state index contributed by atoms with van der Waals surface area (Å²) in [5, 5.41) is 8.93. The van der Waals surface area contributed by atoms with Crippen LogP contribution < -0.4 is 0 Å². The highest BCUT2D eigenvalue weighted by Crippen LogP contribution is 2.17. The fourth-order valence-electron chi connectivity index (χ4n) is 1.36. The van der Waals surface area contributed by atoms with Gasteiger partial charge < -0.3 is 14.7 Å². The number of hydrogen-bond acceptors (Lipinski definition) is 3. The van der Waals surface area contributed by atoms with Gasteiger partial charge in [-0.1, -0.05) is 6.92 Å². The molecule has 0 heterocycles. The summed E-state index contributed by atoms with van der Waals surface area (Å²) in [4.78, 5) is 13.1. The predicted octanol–water partition coefficient (Wildman–Crippen LogP) is 1.99. The average Bonchev–Trinajstić information content (AvgIpc) is 2.23. The van der Waals surface area contributed by atoms with Gasteiger partial charge in [-0.25, -0.2) is 4.79 Å². The Hall–Kier alpha value is -0.610. The van der Waals surface area contributed by atoms with Gasteiger partial charge in [-0.3, -0.25) is 0 Å². The Balaban J connectivity index is 4.15. The monoisotopic (exact) mass is 231 g/mol. The van der Waals surface area contributed by atoms with E-state index in [0.717, 1.165) is 13.0 Å². The van der Waals surface area contributed by atoms with Crippen LogP contribution in [0.15, 0.2) is 0 Å². The minimum atomic E-state index is -0.871. The smallest absolute Gasteiger partial charge is 0.332 e. The zero-order chi connectivity index (χ0) is 12.8. The molecule has 0 saturated heterocycles. The molecule has 0 aromatic rings. The number of hydrogen-bond donors (Lipinski definition) is 1. The number of carbonyl (C=O) groups is 1. The van der Waals surface area contributed by atoms with Crippen molar-refractivity contribution in [3.8, 4) is 0 Å². The summed E-state index contributed by atoms with van der Waals surface area (Å²) in [6.07, 6.45) is 0.888. The molecular formula is C12H25NO3. The largest absolute Gasteiger partial charge is 0.479 e. The third-order valence-corrected chi connectivity index (χ3v) is 3.27. The first-order chi connectivity index (χ1) is 7.35. The van der Waals surface area contributed by atoms with Gasteiger partial charge in [0.25, 0.3) is 0 Å². The van der Waals surface area contributed by atoms with E-state index in [-0.39, 0.29) is 5.54 Å². The quantitative estimate of drug-likeness (QED) is 0.694. The summed E-state index contributed by atoms with van der Waals surface area (Å²) in [5.41, 5.74) is 0.106. The van der Waals surface area contributed by atoms with Crippen LogP contribution in [0.5, 0.6) is 0 Å². The van der Waals surface area contributed by atoms with Gasteiger partial charge in [-0.05, 0) is 40.7 Å². The Labute approximate surface area is 98.6 Å². The van der Waals surface area contributed by atoms with E-state index in [9.17, 15) is 4.79 Å². The lowest BCUT2D eigenvalue weighted by Crippen LogP contribution is -2.42. The summed E-state index contributed by atoms with van der Waals surface area (Å²) in [6.45, 7) is 9.44. The highest BCUT2D eigenvalue weighted by molar-refractivity contribution is 5.72. The molecule has 0 aliphatic rings. The van der Waals surface area contributed by atoms with Crippen molar-refractivity contribution >= 4 is 5.97 Å². The first-order valence-electron chi connectivity index (χ1n) is 5.90. The third-order valence-electron chi connectivity index (χ3n) is 3.27. The van der Waals surface area contributed by atoms with E-state index in [2.05, 4.69) is 25.7 Å². The molecule has 0 fully saturated rings. The van der Waals surface area contributed by atoms with Crippen LogP contribution in [0.1, 0.15) is 40.5 Å². The first-order valence-corrected chi connectivity index (χ1v) is 5.90. The molecule has 0 spiro atoms. The van der Waals surface area contributed by atoms with Crippen LogP contribution in [-0.4, -0.2) is 47.8 Å². The second-order valence-corrected chi connectivity index (χ2v) is 4.66. The maximum Gasteiger partial charge on any atom is 0.332 e. The molecule has 0 bridgehead atoms. The van der Waals surface area contributed by atoms with Crippen LogP contribution in [0.2, 0.25) is 0 Å². The number of rotatable bonds is 8. The van der Waals surface area contributed by atoms with Crippen molar-refractivity contribution in [2.75, 3.05) is 20.2 Å². The number of carboxylic acid groups (broad SMARTS) is 1. The van der Waals surface area contributed by atoms with E-state index in [1.807, 2.05) is 14.0 Å². The maximum absolute atomic E-state index is 10.9. The van der Waals surface area contributed by atoms with Crippen LogP contribution >= 0.6 is 0 Å². The molecule has 16 heavy (non-hydrogen) atoms. The zero-order valence-electron chi connectivity index (χ0n) is 11.1. The number of aliphatic carboxylic acids is 1. The minimum absolute atomic E-state index is 0.106. The summed E-state index contributed by atoms with van der Waals surface area (Å²) >= 11 is 0. The van der Waals surface area contributed by atoms with Crippen molar-refractivity contribution in [2.45, 2.75) is 52.2 Å². The molecule has 1 unspecified atom stereocenters. The summed E-state index contributed by atoms with van der Waals surface area (Å²) in [6, 6.07) is 0. The lowest BCUT2D eigenvalue weighted by molar-refractivity contribution is -0.150. The Kier molecular flexibility index (Phi) is 6.60. The van der Waals surface area contributed by atoms with Crippen molar-refractivity contribution in [3.63, 3.8) is 0 Å². The molecule has 1 atom stereocenters. The second-order valence-electron chi connectivity index (χ2n) is 4.66. The molecule has 0 rings (SSSR count). The number of ether oxygens (including phenoxy) is 1. The summed E-state index contributed by atoms with van der Waals surface area (Å²) in [5.74, 6) is -0.871. The molecule has 0 aliphatic heterocycles. The standard InChI is InChI=1S/C12H25NO3/c1-6-12(3,4)13(5)9-8-10(11(14)15)16-7-2/h10H,6-9H2,1-5H3,(H,14,15). The Bertz CT molecular complexity index is 216. The van der Waals surface area contributed by atoms with Gasteiger partial charge in [0.2, 0.25) is 0 Å². The van der Waals surface area contributed by atoms with Gasteiger partial charge >= 0.3 is 5.97 Å². The van der Waals surface area contributed by atoms with Gasteiger partial charge in [0, 0.05) is 18.7 Å². The Morgan fingerprint density at radius 1 is 1.44 bits per heavy atom. The zero-order valence-corrected chi connectivity index (χ0v) is 11.1. The topological polar surface area (TPSA) is 49.8 Å². The Morgan fingerprint density at radius 3 is 2.38 bits per heavy atom. The van der Waals surface area contributed by atoms with Gasteiger partial charge in [-0.2, -0.15) is 0 Å². The van der Waals surface area contributed by atoms with Crippen LogP contribution in [0.25, 0.3) is 0 Å². The van der Waals surface area contributed by atoms with Crippen LogP contribution in [0, 0.1) is 0 Å². The lowest BCUT2D eigenvalue weighted by atomic mass is 9.99. The molecule has 0 aromatic carbocycles. The van der Waals surface area contributed by atoms with Crippen molar-refractivity contribution in [1.29, 1.82) is 0 Å². The number of nitrogens with zero attached hydrogens (tertiary/aromatic N) is 1. The Morgan fingerprint density at radius 2 is 2.00 bits per heavy atom. The molecule has 96 valence electrons. The molecule has 4 nitrogen and oxygen atoms in total. The van der Waals surface area contributed by atoms with Crippen LogP contribution in [-0.2, 0) is 9.53 Å². The van der Waals surface area contributed by atoms with Crippen molar-refractivity contribution in [2.24, 2.45) is 0 Å². The maximum atomic E-state index is 10.9. The van der Waals surface area contributed by atoms with E-state index < -0.39 is 12.1 Å². The third kappa shape index (κ3) is 4.94. The molecular weight excluding hydrogens is 206 g/mol. The molecule has 0 saturated carbocycles. The van der Waals surface area contributed by atoms with E-state index >= 15 is 0 Å². The molecule has 0 amide bonds. The molecule has 0 aliphatic carbocycles. The SMILES string of the molecule is CCOC(CCN(C)C(C)(C)CC)C(=O)O. The average molecular weight is 231 g/mol. The summed E-state index contributed by atoms with van der Waals surface area (Å²) in [7, 11) is 2.02. The molecule has 4 heteroatoms. The molecule has 0 radical (unpaired) electrons. The van der Waals surface area contributed by atoms with Crippen molar-refractivity contribution < 1.29 is 14.6 Å². The van der Waals surface area contributed by atoms with Crippen LogP contribution in [0.3, 0.4) is 0 Å². The predicted molar refractivity (Wildman–Crippen MR) is 64.7 cm³/mol. The fraction of sp³-hybridized carbons (Fsp3) is 0.917. The van der Waals surface area contributed by atoms with Gasteiger partial charge in [0.1, 0.15) is 0 Å². The van der Waals surface area contributed by atoms with Gasteiger partial charge in [0.15, 0.2) is 6.10 Å². The minimum Gasteiger partial charge on any atom is -0.479 e. The highest BCUT2D eigenvalue weighted by atomic mass is 16.5. The molecule has 0 aromatic heterocycles. The normalized spacial score (nSPS) is 14.1. The highest BCUT2D eigenvalue weighted by Gasteiger charge is 2.24. The van der Waals surface area contributed by atoms with Crippen molar-refractivity contribution in [1.82, 2.24) is 4.90 Å².